The number of hydrogen-bond donors (Lipinski definition) is 1. The van der Waals surface area contributed by atoms with E-state index in [0.29, 0.717) is 18.7 Å². The molecule has 1 heterocycles. The Hall–Kier alpha value is -2.43. The van der Waals surface area contributed by atoms with Crippen LogP contribution >= 0.6 is 0 Å². The molecule has 2 rings (SSSR count). The van der Waals surface area contributed by atoms with Crippen molar-refractivity contribution >= 4 is 5.91 Å². The van der Waals surface area contributed by atoms with Gasteiger partial charge in [0.1, 0.15) is 11.5 Å². The summed E-state index contributed by atoms with van der Waals surface area (Å²) in [6, 6.07) is 6.01. The van der Waals surface area contributed by atoms with Gasteiger partial charge < -0.3 is 19.7 Å². The van der Waals surface area contributed by atoms with Crippen LogP contribution in [-0.4, -0.2) is 43.7 Å². The molecule has 1 aliphatic rings. The molecule has 1 amide bonds. The van der Waals surface area contributed by atoms with Gasteiger partial charge in [0.25, 0.3) is 0 Å². The Morgan fingerprint density at radius 2 is 1.49 bits per heavy atom. The molecule has 0 bridgehead atoms. The fourth-order valence-electron chi connectivity index (χ4n) is 5.16. The molecule has 0 saturated carbocycles. The maximum atomic E-state index is 12.6. The first-order chi connectivity index (χ1) is 19.2. The number of allylic oxidation sites excluding steroid dienone is 2. The normalized spacial score (nSPS) is 14.5. The predicted molar refractivity (Wildman–Crippen MR) is 165 cm³/mol. The second-order valence-electron chi connectivity index (χ2n) is 10.9. The van der Waals surface area contributed by atoms with Crippen LogP contribution in [0.5, 0.6) is 11.5 Å². The summed E-state index contributed by atoms with van der Waals surface area (Å²) < 4.78 is 11.5. The Kier molecular flexibility index (Phi) is 18.0. The van der Waals surface area contributed by atoms with Crippen molar-refractivity contribution in [1.29, 1.82) is 0 Å². The molecule has 1 unspecified atom stereocenters. The van der Waals surface area contributed by atoms with E-state index in [1.54, 1.807) is 7.11 Å². The number of amides is 1. The number of nitrogens with zero attached hydrogens (tertiary/aromatic N) is 1. The summed E-state index contributed by atoms with van der Waals surface area (Å²) in [4.78, 5) is 14.9. The lowest BCUT2D eigenvalue weighted by atomic mass is 10.0. The van der Waals surface area contributed by atoms with E-state index in [0.717, 1.165) is 37.3 Å². The molecule has 1 atom stereocenters. The highest BCUT2D eigenvalue weighted by atomic mass is 16.5. The molecule has 5 nitrogen and oxygen atoms in total. The molecule has 0 aromatic heterocycles. The van der Waals surface area contributed by atoms with E-state index in [-0.39, 0.29) is 11.9 Å². The zero-order chi connectivity index (χ0) is 28.0. The number of unbranched alkanes of at least 4 members (excludes halogenated alkanes) is 13. The third-order valence-electron chi connectivity index (χ3n) is 7.51. The predicted octanol–water partition coefficient (Wildman–Crippen LogP) is 8.38. The molecule has 0 radical (unpaired) electrons. The number of hydrogen-bond acceptors (Lipinski definition) is 4. The Labute approximate surface area is 239 Å². The number of nitrogens with one attached hydrogen (secondary N) is 1. The van der Waals surface area contributed by atoms with Gasteiger partial charge in [-0.3, -0.25) is 4.79 Å². The lowest BCUT2D eigenvalue weighted by Crippen LogP contribution is -2.41. The summed E-state index contributed by atoms with van der Waals surface area (Å²) >= 11 is 0. The van der Waals surface area contributed by atoms with Gasteiger partial charge in [-0.1, -0.05) is 116 Å². The third kappa shape index (κ3) is 14.5. The standard InChI is InChI=1S/C34H56N2O3/c1-4-6-7-8-9-10-11-12-13-14-15-16-17-20-26-39-32-23-22-30(33(28-32)38-3)27-34(37)35-29-31-21-18-19-25-36(31)24-5-2/h18-19,21-23,25,28,31H,4-17,20,24,26-27,29H2,1-3H3,(H,35,37). The van der Waals surface area contributed by atoms with Crippen LogP contribution in [0.15, 0.2) is 42.6 Å². The number of ether oxygens (including phenoxy) is 2. The molecular formula is C34H56N2O3. The molecule has 1 aromatic carbocycles. The minimum atomic E-state index is 0.00350. The molecule has 0 saturated heterocycles. The van der Waals surface area contributed by atoms with Crippen molar-refractivity contribution < 1.29 is 14.3 Å². The van der Waals surface area contributed by atoms with Crippen molar-refractivity contribution in [3.8, 4) is 11.5 Å². The van der Waals surface area contributed by atoms with E-state index in [9.17, 15) is 4.79 Å². The smallest absolute Gasteiger partial charge is 0.224 e. The maximum Gasteiger partial charge on any atom is 0.224 e. The Balaban J connectivity index is 1.55. The highest BCUT2D eigenvalue weighted by Crippen LogP contribution is 2.25. The maximum absolute atomic E-state index is 12.6. The molecule has 0 spiro atoms. The fourth-order valence-corrected chi connectivity index (χ4v) is 5.16. The summed E-state index contributed by atoms with van der Waals surface area (Å²) in [5, 5.41) is 3.09. The van der Waals surface area contributed by atoms with E-state index in [4.69, 9.17) is 9.47 Å². The molecule has 1 aromatic rings. The van der Waals surface area contributed by atoms with Crippen molar-refractivity contribution in [2.75, 3.05) is 26.8 Å². The van der Waals surface area contributed by atoms with Gasteiger partial charge in [-0.05, 0) is 31.2 Å². The SMILES string of the molecule is CCCCCCCCCCCCCCCCOc1ccc(CC(=O)NCC2C=CC=CN2CCC)c(OC)c1. The van der Waals surface area contributed by atoms with Gasteiger partial charge >= 0.3 is 0 Å². The van der Waals surface area contributed by atoms with Gasteiger partial charge in [0.05, 0.1) is 26.2 Å². The van der Waals surface area contributed by atoms with E-state index in [1.165, 1.54) is 83.5 Å². The summed E-state index contributed by atoms with van der Waals surface area (Å²) in [6.45, 7) is 6.75. The highest BCUT2D eigenvalue weighted by Gasteiger charge is 2.16. The van der Waals surface area contributed by atoms with E-state index in [1.807, 2.05) is 30.4 Å². The van der Waals surface area contributed by atoms with Gasteiger partial charge in [-0.15, -0.1) is 0 Å². The molecule has 220 valence electrons. The van der Waals surface area contributed by atoms with Gasteiger partial charge in [0.2, 0.25) is 5.91 Å². The van der Waals surface area contributed by atoms with Gasteiger partial charge in [-0.25, -0.2) is 0 Å². The molecule has 0 fully saturated rings. The molecule has 0 aliphatic carbocycles. The number of carbonyl (C=O) groups excluding carboxylic acids is 1. The van der Waals surface area contributed by atoms with Crippen molar-refractivity contribution in [1.82, 2.24) is 10.2 Å². The summed E-state index contributed by atoms with van der Waals surface area (Å²) in [5.41, 5.74) is 0.878. The zero-order valence-electron chi connectivity index (χ0n) is 25.2. The molecule has 1 N–H and O–H groups in total. The fraction of sp³-hybridized carbons (Fsp3) is 0.676. The van der Waals surface area contributed by atoms with Crippen LogP contribution in [0.2, 0.25) is 0 Å². The minimum Gasteiger partial charge on any atom is -0.496 e. The van der Waals surface area contributed by atoms with Crippen LogP contribution in [0.3, 0.4) is 0 Å². The quantitative estimate of drug-likeness (QED) is 0.142. The average Bonchev–Trinajstić information content (AvgIpc) is 2.95. The summed E-state index contributed by atoms with van der Waals surface area (Å²) in [6.07, 6.45) is 28.7. The molecular weight excluding hydrogens is 484 g/mol. The van der Waals surface area contributed by atoms with Crippen molar-refractivity contribution in [3.63, 3.8) is 0 Å². The zero-order valence-corrected chi connectivity index (χ0v) is 25.2. The minimum absolute atomic E-state index is 0.00350. The Bertz CT molecular complexity index is 836. The van der Waals surface area contributed by atoms with Crippen LogP contribution < -0.4 is 14.8 Å². The number of methoxy groups -OCH3 is 1. The van der Waals surface area contributed by atoms with Crippen LogP contribution in [0.4, 0.5) is 0 Å². The van der Waals surface area contributed by atoms with Crippen LogP contribution in [0.1, 0.15) is 116 Å². The van der Waals surface area contributed by atoms with Crippen LogP contribution in [0, 0.1) is 0 Å². The van der Waals surface area contributed by atoms with Crippen molar-refractivity contribution in [2.24, 2.45) is 0 Å². The van der Waals surface area contributed by atoms with Gasteiger partial charge in [0, 0.05) is 24.7 Å². The largest absolute Gasteiger partial charge is 0.496 e. The lowest BCUT2D eigenvalue weighted by molar-refractivity contribution is -0.120. The molecule has 1 aliphatic heterocycles. The van der Waals surface area contributed by atoms with Gasteiger partial charge in [-0.2, -0.15) is 0 Å². The first-order valence-electron chi connectivity index (χ1n) is 15.8. The van der Waals surface area contributed by atoms with E-state index in [2.05, 4.69) is 36.3 Å². The highest BCUT2D eigenvalue weighted by molar-refractivity contribution is 5.79. The number of carbonyl (C=O) groups is 1. The number of rotatable bonds is 23. The monoisotopic (exact) mass is 540 g/mol. The molecule has 5 heteroatoms. The summed E-state index contributed by atoms with van der Waals surface area (Å²) in [5.74, 6) is 1.51. The Morgan fingerprint density at radius 3 is 2.10 bits per heavy atom. The topological polar surface area (TPSA) is 50.8 Å². The van der Waals surface area contributed by atoms with E-state index >= 15 is 0 Å². The van der Waals surface area contributed by atoms with Crippen LogP contribution in [0.25, 0.3) is 0 Å². The second-order valence-corrected chi connectivity index (χ2v) is 10.9. The average molecular weight is 541 g/mol. The number of benzene rings is 1. The van der Waals surface area contributed by atoms with Gasteiger partial charge in [0.15, 0.2) is 0 Å². The van der Waals surface area contributed by atoms with Crippen LogP contribution in [-0.2, 0) is 11.2 Å². The van der Waals surface area contributed by atoms with Crippen molar-refractivity contribution in [2.45, 2.75) is 123 Å². The third-order valence-corrected chi connectivity index (χ3v) is 7.51. The van der Waals surface area contributed by atoms with E-state index < -0.39 is 0 Å². The van der Waals surface area contributed by atoms with Crippen molar-refractivity contribution in [3.05, 3.63) is 48.2 Å². The summed E-state index contributed by atoms with van der Waals surface area (Å²) in [7, 11) is 1.65. The Morgan fingerprint density at radius 1 is 0.846 bits per heavy atom. The first-order valence-corrected chi connectivity index (χ1v) is 15.8. The molecule has 39 heavy (non-hydrogen) atoms. The second kappa shape index (κ2) is 21.4. The lowest BCUT2D eigenvalue weighted by Gasteiger charge is -2.30. The first kappa shape index (κ1) is 32.8.